The van der Waals surface area contributed by atoms with Crippen molar-refractivity contribution in [3.05, 3.63) is 35.4 Å². The van der Waals surface area contributed by atoms with Gasteiger partial charge in [0.1, 0.15) is 5.82 Å². The topological polar surface area (TPSA) is 81.2 Å². The lowest BCUT2D eigenvalue weighted by Gasteiger charge is -2.10. The SMILES string of the molecule is Cc1ncc2nc(/C=C/c3nc(N4CCCC4=O)cn3CC3CC3)nn2c1C. The summed E-state index contributed by atoms with van der Waals surface area (Å²) in [5.41, 5.74) is 2.65. The fraction of sp³-hybridized carbons (Fsp3) is 0.450. The minimum Gasteiger partial charge on any atom is -0.329 e. The van der Waals surface area contributed by atoms with Crippen LogP contribution in [-0.2, 0) is 11.3 Å². The molecule has 8 nitrogen and oxygen atoms in total. The van der Waals surface area contributed by atoms with Gasteiger partial charge in [0, 0.05) is 25.7 Å². The second-order valence-electron chi connectivity index (χ2n) is 7.70. The van der Waals surface area contributed by atoms with Crippen molar-refractivity contribution in [2.24, 2.45) is 5.92 Å². The molecule has 2 fully saturated rings. The number of aryl methyl sites for hydroxylation is 2. The summed E-state index contributed by atoms with van der Waals surface area (Å²) in [4.78, 5) is 27.5. The minimum atomic E-state index is 0.159. The number of imidazole rings is 1. The Morgan fingerprint density at radius 2 is 2.07 bits per heavy atom. The molecule has 3 aromatic rings. The number of carbonyl (C=O) groups excluding carboxylic acids is 1. The average molecular weight is 377 g/mol. The number of amides is 1. The Hall–Kier alpha value is -3.03. The second kappa shape index (κ2) is 6.54. The molecule has 3 aromatic heterocycles. The van der Waals surface area contributed by atoms with Gasteiger partial charge in [-0.1, -0.05) is 0 Å². The third-order valence-corrected chi connectivity index (χ3v) is 5.54. The number of hydrogen-bond acceptors (Lipinski definition) is 5. The van der Waals surface area contributed by atoms with E-state index in [1.165, 1.54) is 12.8 Å². The molecule has 1 aliphatic carbocycles. The second-order valence-corrected chi connectivity index (χ2v) is 7.70. The van der Waals surface area contributed by atoms with Gasteiger partial charge >= 0.3 is 0 Å². The highest BCUT2D eigenvalue weighted by Gasteiger charge is 2.27. The molecule has 1 saturated carbocycles. The first-order valence-corrected chi connectivity index (χ1v) is 9.83. The van der Waals surface area contributed by atoms with Crippen LogP contribution >= 0.6 is 0 Å². The predicted octanol–water partition coefficient (Wildman–Crippen LogP) is 2.64. The van der Waals surface area contributed by atoms with Crippen LogP contribution in [0.2, 0.25) is 0 Å². The molecule has 0 unspecified atom stereocenters. The Kier molecular flexibility index (Phi) is 3.99. The summed E-state index contributed by atoms with van der Waals surface area (Å²) in [5, 5.41) is 4.56. The molecule has 4 heterocycles. The number of aromatic nitrogens is 6. The normalized spacial score (nSPS) is 17.5. The van der Waals surface area contributed by atoms with E-state index in [2.05, 4.69) is 19.6 Å². The number of nitrogens with zero attached hydrogens (tertiary/aromatic N) is 7. The molecule has 0 atom stereocenters. The molecule has 8 heteroatoms. The lowest BCUT2D eigenvalue weighted by atomic mass is 10.3. The van der Waals surface area contributed by atoms with Gasteiger partial charge in [-0.15, -0.1) is 5.10 Å². The Bertz CT molecular complexity index is 1090. The third kappa shape index (κ3) is 3.08. The lowest BCUT2D eigenvalue weighted by Crippen LogP contribution is -2.23. The van der Waals surface area contributed by atoms with Gasteiger partial charge in [-0.25, -0.2) is 14.5 Å². The van der Waals surface area contributed by atoms with Gasteiger partial charge in [0.05, 0.1) is 17.6 Å². The van der Waals surface area contributed by atoms with Crippen LogP contribution < -0.4 is 4.90 Å². The van der Waals surface area contributed by atoms with Crippen LogP contribution in [0.3, 0.4) is 0 Å². The molecule has 0 N–H and O–H groups in total. The first kappa shape index (κ1) is 17.1. The molecule has 144 valence electrons. The molecule has 0 spiro atoms. The summed E-state index contributed by atoms with van der Waals surface area (Å²) in [6.07, 6.45) is 11.6. The monoisotopic (exact) mass is 377 g/mol. The summed E-state index contributed by atoms with van der Waals surface area (Å²) in [7, 11) is 0. The largest absolute Gasteiger partial charge is 0.329 e. The van der Waals surface area contributed by atoms with E-state index in [0.717, 1.165) is 48.2 Å². The Balaban J connectivity index is 1.47. The van der Waals surface area contributed by atoms with E-state index in [9.17, 15) is 4.79 Å². The highest BCUT2D eigenvalue weighted by molar-refractivity contribution is 5.94. The molecular weight excluding hydrogens is 354 g/mol. The molecule has 0 bridgehead atoms. The quantitative estimate of drug-likeness (QED) is 0.683. The summed E-state index contributed by atoms with van der Waals surface area (Å²) in [5.74, 6) is 3.09. The molecule has 1 amide bonds. The first-order valence-electron chi connectivity index (χ1n) is 9.83. The molecule has 5 rings (SSSR count). The molecule has 0 aromatic carbocycles. The van der Waals surface area contributed by atoms with Crippen molar-refractivity contribution >= 4 is 29.5 Å². The van der Waals surface area contributed by atoms with Crippen LogP contribution in [0.15, 0.2) is 12.4 Å². The van der Waals surface area contributed by atoms with E-state index >= 15 is 0 Å². The number of hydrogen-bond donors (Lipinski definition) is 0. The smallest absolute Gasteiger partial charge is 0.228 e. The van der Waals surface area contributed by atoms with Crippen molar-refractivity contribution in [2.45, 2.75) is 46.1 Å². The maximum absolute atomic E-state index is 12.1. The van der Waals surface area contributed by atoms with Gasteiger partial charge in [0.25, 0.3) is 0 Å². The Morgan fingerprint density at radius 1 is 1.21 bits per heavy atom. The van der Waals surface area contributed by atoms with Crippen LogP contribution in [-0.4, -0.2) is 41.6 Å². The summed E-state index contributed by atoms with van der Waals surface area (Å²) >= 11 is 0. The van der Waals surface area contributed by atoms with Crippen molar-refractivity contribution in [2.75, 3.05) is 11.4 Å². The minimum absolute atomic E-state index is 0.159. The van der Waals surface area contributed by atoms with Crippen molar-refractivity contribution in [1.29, 1.82) is 0 Å². The van der Waals surface area contributed by atoms with E-state index in [0.29, 0.717) is 18.2 Å². The summed E-state index contributed by atoms with van der Waals surface area (Å²) < 4.78 is 3.97. The van der Waals surface area contributed by atoms with Crippen molar-refractivity contribution in [3.63, 3.8) is 0 Å². The summed E-state index contributed by atoms with van der Waals surface area (Å²) in [6, 6.07) is 0. The maximum atomic E-state index is 12.1. The lowest BCUT2D eigenvalue weighted by molar-refractivity contribution is -0.117. The molecule has 0 radical (unpaired) electrons. The zero-order valence-corrected chi connectivity index (χ0v) is 16.2. The maximum Gasteiger partial charge on any atom is 0.228 e. The predicted molar refractivity (Wildman–Crippen MR) is 106 cm³/mol. The third-order valence-electron chi connectivity index (χ3n) is 5.54. The van der Waals surface area contributed by atoms with E-state index in [1.807, 2.05) is 36.7 Å². The molecule has 1 saturated heterocycles. The number of fused-ring (bicyclic) bond motifs is 1. The van der Waals surface area contributed by atoms with Crippen molar-refractivity contribution in [3.8, 4) is 0 Å². The van der Waals surface area contributed by atoms with E-state index in [1.54, 1.807) is 11.1 Å². The van der Waals surface area contributed by atoms with Gasteiger partial charge in [-0.3, -0.25) is 14.7 Å². The molecule has 2 aliphatic rings. The Morgan fingerprint density at radius 3 is 2.82 bits per heavy atom. The first-order chi connectivity index (χ1) is 13.6. The zero-order chi connectivity index (χ0) is 19.3. The number of carbonyl (C=O) groups is 1. The van der Waals surface area contributed by atoms with Crippen LogP contribution in [0.4, 0.5) is 5.82 Å². The van der Waals surface area contributed by atoms with Gasteiger partial charge in [-0.2, -0.15) is 0 Å². The van der Waals surface area contributed by atoms with Gasteiger partial charge in [0.15, 0.2) is 17.3 Å². The highest BCUT2D eigenvalue weighted by Crippen LogP contribution is 2.32. The number of rotatable bonds is 5. The van der Waals surface area contributed by atoms with Crippen LogP contribution in [0, 0.1) is 19.8 Å². The Labute approximate surface area is 162 Å². The standard InChI is InChI=1S/C20H23N7O/c1-13-14(2)27-18(10-21-13)22-16(24-27)7-8-17-23-19(26-9-3-4-20(26)28)12-25(17)11-15-5-6-15/h7-8,10,12,15H,3-6,9,11H2,1-2H3/b8-7+. The summed E-state index contributed by atoms with van der Waals surface area (Å²) in [6.45, 7) is 5.64. The van der Waals surface area contributed by atoms with E-state index in [-0.39, 0.29) is 5.91 Å². The van der Waals surface area contributed by atoms with E-state index < -0.39 is 0 Å². The van der Waals surface area contributed by atoms with E-state index in [4.69, 9.17) is 4.98 Å². The van der Waals surface area contributed by atoms with Crippen LogP contribution in [0.5, 0.6) is 0 Å². The zero-order valence-electron chi connectivity index (χ0n) is 16.2. The molecular formula is C20H23N7O. The van der Waals surface area contributed by atoms with Gasteiger partial charge in [0.2, 0.25) is 5.91 Å². The average Bonchev–Trinajstić information content (AvgIpc) is 3.05. The highest BCUT2D eigenvalue weighted by atomic mass is 16.2. The van der Waals surface area contributed by atoms with Crippen molar-refractivity contribution in [1.82, 2.24) is 29.1 Å². The van der Waals surface area contributed by atoms with Gasteiger partial charge in [-0.05, 0) is 51.2 Å². The number of anilines is 1. The van der Waals surface area contributed by atoms with Crippen LogP contribution in [0.1, 0.15) is 48.7 Å². The van der Waals surface area contributed by atoms with Crippen molar-refractivity contribution < 1.29 is 4.79 Å². The van der Waals surface area contributed by atoms with Crippen LogP contribution in [0.25, 0.3) is 17.8 Å². The molecule has 1 aliphatic heterocycles. The fourth-order valence-corrected chi connectivity index (χ4v) is 3.59. The molecule has 28 heavy (non-hydrogen) atoms. The van der Waals surface area contributed by atoms with Gasteiger partial charge < -0.3 is 4.57 Å². The fourth-order valence-electron chi connectivity index (χ4n) is 3.59.